The highest BCUT2D eigenvalue weighted by Gasteiger charge is 2.37. The van der Waals surface area contributed by atoms with Crippen molar-refractivity contribution >= 4 is 17.1 Å². The molecule has 0 saturated heterocycles. The van der Waals surface area contributed by atoms with Gasteiger partial charge in [0.05, 0.1) is 6.07 Å². The smallest absolute Gasteiger partial charge is 0.141 e. The molecule has 3 heteroatoms. The summed E-state index contributed by atoms with van der Waals surface area (Å²) in [4.78, 5) is 4.45. The van der Waals surface area contributed by atoms with Crippen LogP contribution in [0.3, 0.4) is 0 Å². The molecule has 0 radical (unpaired) electrons. The number of hydrogen-bond acceptors (Lipinski definition) is 2. The van der Waals surface area contributed by atoms with Crippen LogP contribution in [-0.2, 0) is 5.54 Å². The minimum Gasteiger partial charge on any atom is -0.313 e. The highest BCUT2D eigenvalue weighted by atomic mass is 15.1. The summed E-state index contributed by atoms with van der Waals surface area (Å²) in [6.07, 6.45) is 9.71. The molecule has 3 nitrogen and oxygen atoms in total. The van der Waals surface area contributed by atoms with Crippen LogP contribution in [0.1, 0.15) is 31.2 Å². The molecule has 90 valence electrons. The third kappa shape index (κ3) is 1.39. The zero-order valence-electron chi connectivity index (χ0n) is 10.3. The Balaban J connectivity index is 2.30. The molecule has 0 aromatic carbocycles. The first-order valence-electron chi connectivity index (χ1n) is 6.31. The van der Waals surface area contributed by atoms with Crippen molar-refractivity contribution < 1.29 is 0 Å². The Morgan fingerprint density at radius 3 is 2.89 bits per heavy atom. The highest BCUT2D eigenvalue weighted by molar-refractivity contribution is 5.86. The van der Waals surface area contributed by atoms with Crippen LogP contribution in [0.5, 0.6) is 0 Å². The van der Waals surface area contributed by atoms with Gasteiger partial charge in [0.15, 0.2) is 0 Å². The Labute approximate surface area is 106 Å². The largest absolute Gasteiger partial charge is 0.313 e. The minimum absolute atomic E-state index is 0.409. The van der Waals surface area contributed by atoms with E-state index in [0.717, 1.165) is 42.3 Å². The number of hydrogen-bond donors (Lipinski definition) is 0. The lowest BCUT2D eigenvalue weighted by Crippen LogP contribution is -2.27. The van der Waals surface area contributed by atoms with Gasteiger partial charge < -0.3 is 4.57 Å². The van der Waals surface area contributed by atoms with Crippen LogP contribution in [0, 0.1) is 11.3 Å². The topological polar surface area (TPSA) is 41.6 Å². The van der Waals surface area contributed by atoms with E-state index < -0.39 is 5.54 Å². The standard InChI is InChI=1S/C15H15N3/c1-2-12-10-18(14-13(12)6-5-9-17-14)15(11-16)7-3-4-8-15/h2,5-6,9-10H,1,3-4,7-8H2. The van der Waals surface area contributed by atoms with Crippen molar-refractivity contribution in [3.63, 3.8) is 0 Å². The van der Waals surface area contributed by atoms with Crippen molar-refractivity contribution in [2.45, 2.75) is 31.2 Å². The zero-order valence-corrected chi connectivity index (χ0v) is 10.3. The van der Waals surface area contributed by atoms with Gasteiger partial charge in [-0.1, -0.05) is 12.7 Å². The quantitative estimate of drug-likeness (QED) is 0.802. The number of rotatable bonds is 2. The third-order valence-corrected chi connectivity index (χ3v) is 3.91. The van der Waals surface area contributed by atoms with Gasteiger partial charge in [0, 0.05) is 23.3 Å². The summed E-state index contributed by atoms with van der Waals surface area (Å²) in [6, 6.07) is 6.47. The second-order valence-electron chi connectivity index (χ2n) is 4.88. The maximum atomic E-state index is 9.59. The van der Waals surface area contributed by atoms with Crippen LogP contribution in [0.15, 0.2) is 31.1 Å². The van der Waals surface area contributed by atoms with Gasteiger partial charge in [0.1, 0.15) is 11.2 Å². The normalized spacial score (nSPS) is 17.7. The van der Waals surface area contributed by atoms with Crippen molar-refractivity contribution in [2.24, 2.45) is 0 Å². The first-order chi connectivity index (χ1) is 8.80. The van der Waals surface area contributed by atoms with E-state index in [1.54, 1.807) is 6.20 Å². The summed E-state index contributed by atoms with van der Waals surface area (Å²) >= 11 is 0. The lowest BCUT2D eigenvalue weighted by atomic mass is 10.00. The maximum absolute atomic E-state index is 9.59. The predicted octanol–water partition coefficient (Wildman–Crippen LogP) is 3.47. The SMILES string of the molecule is C=Cc1cn(C2(C#N)CCCC2)c2ncccc12. The Hall–Kier alpha value is -2.08. The van der Waals surface area contributed by atoms with E-state index in [-0.39, 0.29) is 0 Å². The minimum atomic E-state index is -0.409. The van der Waals surface area contributed by atoms with Crippen molar-refractivity contribution in [3.8, 4) is 6.07 Å². The highest BCUT2D eigenvalue weighted by Crippen LogP contribution is 2.39. The summed E-state index contributed by atoms with van der Waals surface area (Å²) in [5.74, 6) is 0. The number of nitriles is 1. The average Bonchev–Trinajstić information content (AvgIpc) is 3.03. The van der Waals surface area contributed by atoms with E-state index in [1.807, 2.05) is 24.4 Å². The molecule has 0 aliphatic heterocycles. The summed E-state index contributed by atoms with van der Waals surface area (Å²) in [5.41, 5.74) is 1.55. The molecule has 2 heterocycles. The Bertz CT molecular complexity index is 639. The van der Waals surface area contributed by atoms with Crippen LogP contribution in [0.25, 0.3) is 17.1 Å². The lowest BCUT2D eigenvalue weighted by Gasteiger charge is -2.23. The van der Waals surface area contributed by atoms with Gasteiger partial charge in [0.25, 0.3) is 0 Å². The molecular formula is C15H15N3. The van der Waals surface area contributed by atoms with Crippen LogP contribution in [-0.4, -0.2) is 9.55 Å². The summed E-state index contributed by atoms with van der Waals surface area (Å²) in [6.45, 7) is 3.85. The molecule has 3 rings (SSSR count). The van der Waals surface area contributed by atoms with Gasteiger partial charge >= 0.3 is 0 Å². The second-order valence-corrected chi connectivity index (χ2v) is 4.88. The average molecular weight is 237 g/mol. The molecule has 0 atom stereocenters. The number of aromatic nitrogens is 2. The molecule has 0 amide bonds. The molecule has 1 aliphatic rings. The molecule has 18 heavy (non-hydrogen) atoms. The van der Waals surface area contributed by atoms with E-state index in [0.29, 0.717) is 0 Å². The van der Waals surface area contributed by atoms with Crippen molar-refractivity contribution in [2.75, 3.05) is 0 Å². The third-order valence-electron chi connectivity index (χ3n) is 3.91. The van der Waals surface area contributed by atoms with E-state index in [9.17, 15) is 5.26 Å². The van der Waals surface area contributed by atoms with Crippen molar-refractivity contribution in [1.82, 2.24) is 9.55 Å². The predicted molar refractivity (Wildman–Crippen MR) is 71.9 cm³/mol. The molecular weight excluding hydrogens is 222 g/mol. The Morgan fingerprint density at radius 2 is 2.22 bits per heavy atom. The molecule has 0 spiro atoms. The summed E-state index contributed by atoms with van der Waals surface area (Å²) in [7, 11) is 0. The fourth-order valence-corrected chi connectivity index (χ4v) is 2.94. The monoisotopic (exact) mass is 237 g/mol. The van der Waals surface area contributed by atoms with E-state index in [4.69, 9.17) is 0 Å². The molecule has 0 unspecified atom stereocenters. The van der Waals surface area contributed by atoms with Gasteiger partial charge in [-0.3, -0.25) is 0 Å². The molecule has 1 aliphatic carbocycles. The molecule has 2 aromatic rings. The zero-order chi connectivity index (χ0) is 12.6. The van der Waals surface area contributed by atoms with Gasteiger partial charge in [-0.25, -0.2) is 4.98 Å². The first kappa shape index (κ1) is 11.0. The molecule has 0 bridgehead atoms. The number of nitrogens with zero attached hydrogens (tertiary/aromatic N) is 3. The van der Waals surface area contributed by atoms with Crippen LogP contribution in [0.4, 0.5) is 0 Å². The van der Waals surface area contributed by atoms with Gasteiger partial charge in [-0.05, 0) is 37.8 Å². The van der Waals surface area contributed by atoms with Crippen LogP contribution < -0.4 is 0 Å². The molecule has 0 N–H and O–H groups in total. The van der Waals surface area contributed by atoms with Gasteiger partial charge in [-0.15, -0.1) is 0 Å². The second kappa shape index (κ2) is 3.99. The van der Waals surface area contributed by atoms with E-state index in [1.165, 1.54) is 0 Å². The van der Waals surface area contributed by atoms with E-state index in [2.05, 4.69) is 22.2 Å². The number of fused-ring (bicyclic) bond motifs is 1. The molecule has 1 saturated carbocycles. The summed E-state index contributed by atoms with van der Waals surface area (Å²) < 4.78 is 2.06. The van der Waals surface area contributed by atoms with Gasteiger partial charge in [-0.2, -0.15) is 5.26 Å². The summed E-state index contributed by atoms with van der Waals surface area (Å²) in [5, 5.41) is 10.7. The Morgan fingerprint density at radius 1 is 1.44 bits per heavy atom. The fraction of sp³-hybridized carbons (Fsp3) is 0.333. The fourth-order valence-electron chi connectivity index (χ4n) is 2.94. The van der Waals surface area contributed by atoms with E-state index >= 15 is 0 Å². The van der Waals surface area contributed by atoms with Crippen LogP contribution >= 0.6 is 0 Å². The first-order valence-corrected chi connectivity index (χ1v) is 6.31. The van der Waals surface area contributed by atoms with Crippen LogP contribution in [0.2, 0.25) is 0 Å². The van der Waals surface area contributed by atoms with Crippen molar-refractivity contribution in [3.05, 3.63) is 36.7 Å². The van der Waals surface area contributed by atoms with Crippen molar-refractivity contribution in [1.29, 1.82) is 5.26 Å². The molecule has 1 fully saturated rings. The lowest BCUT2D eigenvalue weighted by molar-refractivity contribution is 0.405. The molecule has 2 aromatic heterocycles. The Kier molecular flexibility index (Phi) is 2.45. The van der Waals surface area contributed by atoms with Gasteiger partial charge in [0.2, 0.25) is 0 Å². The number of pyridine rings is 1. The maximum Gasteiger partial charge on any atom is 0.141 e.